The van der Waals surface area contributed by atoms with Gasteiger partial charge in [0.1, 0.15) is 0 Å². The molecule has 2 aromatic carbocycles. The molecule has 8 heteroatoms. The molecule has 0 aliphatic carbocycles. The molecule has 0 bridgehead atoms. The standard InChI is InChI=1S/C32H48N6O2/c1-3-5-13-24(4-2)30(39)36-22-27-19-21-38(31(40)29(37-27)18-12-20-35-32(33)34)23-28(25-14-8-6-9-15-25)26-16-10-7-11-17-26/h6-11,14-17,24,27-29,37H,3-5,12-13,18-23H2,1-2H3,(H,36,39)(H4,33,34,35)/t24?,27-,29-/m0/s1. The van der Waals surface area contributed by atoms with Crippen molar-refractivity contribution in [3.8, 4) is 0 Å². The van der Waals surface area contributed by atoms with Crippen molar-refractivity contribution in [2.75, 3.05) is 26.2 Å². The minimum absolute atomic E-state index is 0.000696. The van der Waals surface area contributed by atoms with Crippen LogP contribution in [-0.4, -0.2) is 60.9 Å². The molecular formula is C32H48N6O2. The molecule has 1 heterocycles. The number of amides is 2. The summed E-state index contributed by atoms with van der Waals surface area (Å²) in [4.78, 5) is 28.8. The van der Waals surface area contributed by atoms with Crippen molar-refractivity contribution in [2.24, 2.45) is 11.7 Å². The maximum Gasteiger partial charge on any atom is 0.239 e. The monoisotopic (exact) mass is 548 g/mol. The molecule has 0 radical (unpaired) electrons. The van der Waals surface area contributed by atoms with Crippen molar-refractivity contribution in [3.63, 3.8) is 0 Å². The summed E-state index contributed by atoms with van der Waals surface area (Å²) in [6.07, 6.45) is 5.96. The molecule has 8 nitrogen and oxygen atoms in total. The molecule has 1 fully saturated rings. The van der Waals surface area contributed by atoms with E-state index < -0.39 is 0 Å². The van der Waals surface area contributed by atoms with E-state index in [-0.39, 0.29) is 41.7 Å². The van der Waals surface area contributed by atoms with Gasteiger partial charge in [-0.05, 0) is 43.2 Å². The third kappa shape index (κ3) is 9.66. The number of carbonyl (C=O) groups excluding carboxylic acids is 2. The van der Waals surface area contributed by atoms with E-state index in [2.05, 4.69) is 54.1 Å². The van der Waals surface area contributed by atoms with Gasteiger partial charge >= 0.3 is 0 Å². The number of guanidine groups is 1. The van der Waals surface area contributed by atoms with Crippen molar-refractivity contribution in [3.05, 3.63) is 71.8 Å². The Morgan fingerprint density at radius 3 is 2.27 bits per heavy atom. The average molecular weight is 549 g/mol. The average Bonchev–Trinajstić information content (AvgIpc) is 3.12. The van der Waals surface area contributed by atoms with Crippen LogP contribution in [0.25, 0.3) is 0 Å². The molecule has 0 spiro atoms. The van der Waals surface area contributed by atoms with Crippen molar-refractivity contribution < 1.29 is 9.59 Å². The summed E-state index contributed by atoms with van der Waals surface area (Å²) in [6.45, 7) is 6.47. The first-order chi connectivity index (χ1) is 19.4. The Hall–Kier alpha value is -3.39. The van der Waals surface area contributed by atoms with Gasteiger partial charge in [-0.3, -0.25) is 15.0 Å². The molecule has 1 aliphatic rings. The van der Waals surface area contributed by atoms with Crippen LogP contribution in [0, 0.1) is 11.3 Å². The lowest BCUT2D eigenvalue weighted by Crippen LogP contribution is -2.49. The van der Waals surface area contributed by atoms with Gasteiger partial charge in [0.15, 0.2) is 5.96 Å². The Labute approximate surface area is 240 Å². The first-order valence-electron chi connectivity index (χ1n) is 14.9. The highest BCUT2D eigenvalue weighted by atomic mass is 16.2. The molecule has 2 amide bonds. The quantitative estimate of drug-likeness (QED) is 0.131. The Morgan fingerprint density at radius 2 is 1.70 bits per heavy atom. The molecule has 0 aromatic heterocycles. The second kappa shape index (κ2) is 16.7. The summed E-state index contributed by atoms with van der Waals surface area (Å²) in [5.74, 6) is 0.231. The third-order valence-electron chi connectivity index (χ3n) is 7.88. The summed E-state index contributed by atoms with van der Waals surface area (Å²) in [5, 5.41) is 17.0. The predicted octanol–water partition coefficient (Wildman–Crippen LogP) is 3.97. The molecule has 3 rings (SSSR count). The van der Waals surface area contributed by atoms with Gasteiger partial charge in [-0.2, -0.15) is 0 Å². The molecule has 1 unspecified atom stereocenters. The van der Waals surface area contributed by atoms with E-state index in [9.17, 15) is 9.59 Å². The smallest absolute Gasteiger partial charge is 0.239 e. The third-order valence-corrected chi connectivity index (χ3v) is 7.88. The molecule has 2 aromatic rings. The zero-order valence-corrected chi connectivity index (χ0v) is 24.2. The number of nitrogens with one attached hydrogen (secondary N) is 4. The second-order valence-electron chi connectivity index (χ2n) is 10.8. The molecule has 218 valence electrons. The van der Waals surface area contributed by atoms with Crippen LogP contribution in [0.5, 0.6) is 0 Å². The van der Waals surface area contributed by atoms with E-state index >= 15 is 0 Å². The van der Waals surface area contributed by atoms with Crippen LogP contribution in [0.2, 0.25) is 0 Å². The number of hydrogen-bond donors (Lipinski definition) is 5. The van der Waals surface area contributed by atoms with Crippen LogP contribution in [0.15, 0.2) is 60.7 Å². The molecule has 1 saturated heterocycles. The number of hydrogen-bond acceptors (Lipinski definition) is 4. The lowest BCUT2D eigenvalue weighted by Gasteiger charge is -2.29. The van der Waals surface area contributed by atoms with Gasteiger partial charge in [0.2, 0.25) is 11.8 Å². The van der Waals surface area contributed by atoms with Gasteiger partial charge in [0.25, 0.3) is 0 Å². The van der Waals surface area contributed by atoms with Crippen LogP contribution in [0.3, 0.4) is 0 Å². The SMILES string of the molecule is CCCCC(CC)C(=O)NC[C@@H]1CCN(CC(c2ccccc2)c2ccccc2)C(=O)[C@H](CCCNC(=N)N)N1. The summed E-state index contributed by atoms with van der Waals surface area (Å²) in [6, 6.07) is 20.4. The van der Waals surface area contributed by atoms with Crippen LogP contribution in [0.4, 0.5) is 0 Å². The fraction of sp³-hybridized carbons (Fsp3) is 0.531. The fourth-order valence-corrected chi connectivity index (χ4v) is 5.49. The summed E-state index contributed by atoms with van der Waals surface area (Å²) in [5.41, 5.74) is 7.81. The molecule has 3 atom stereocenters. The first-order valence-corrected chi connectivity index (χ1v) is 14.9. The lowest BCUT2D eigenvalue weighted by atomic mass is 9.90. The lowest BCUT2D eigenvalue weighted by molar-refractivity contribution is -0.133. The summed E-state index contributed by atoms with van der Waals surface area (Å²) < 4.78 is 0. The van der Waals surface area contributed by atoms with E-state index in [4.69, 9.17) is 11.1 Å². The van der Waals surface area contributed by atoms with Crippen LogP contribution >= 0.6 is 0 Å². The number of rotatable bonds is 15. The van der Waals surface area contributed by atoms with Gasteiger partial charge < -0.3 is 26.6 Å². The molecule has 1 aliphatic heterocycles. The Morgan fingerprint density at radius 1 is 1.05 bits per heavy atom. The van der Waals surface area contributed by atoms with E-state index in [1.165, 1.54) is 11.1 Å². The molecule has 0 saturated carbocycles. The maximum atomic E-state index is 13.9. The number of nitrogens with two attached hydrogens (primary N) is 1. The van der Waals surface area contributed by atoms with Gasteiger partial charge in [-0.15, -0.1) is 0 Å². The van der Waals surface area contributed by atoms with Crippen LogP contribution in [-0.2, 0) is 9.59 Å². The first kappa shape index (κ1) is 31.1. The number of unbranched alkanes of at least 4 members (excludes halogenated alkanes) is 1. The summed E-state index contributed by atoms with van der Waals surface area (Å²) in [7, 11) is 0. The largest absolute Gasteiger partial charge is 0.370 e. The number of nitrogens with zero attached hydrogens (tertiary/aromatic N) is 1. The van der Waals surface area contributed by atoms with E-state index in [1.54, 1.807) is 0 Å². The second-order valence-corrected chi connectivity index (χ2v) is 10.8. The van der Waals surface area contributed by atoms with Crippen molar-refractivity contribution >= 4 is 17.8 Å². The van der Waals surface area contributed by atoms with Crippen molar-refractivity contribution in [1.82, 2.24) is 20.9 Å². The number of carbonyl (C=O) groups is 2. The highest BCUT2D eigenvalue weighted by Gasteiger charge is 2.32. The van der Waals surface area contributed by atoms with Crippen LogP contribution < -0.4 is 21.7 Å². The van der Waals surface area contributed by atoms with Crippen molar-refractivity contribution in [1.29, 1.82) is 5.41 Å². The van der Waals surface area contributed by atoms with Gasteiger partial charge in [0.05, 0.1) is 6.04 Å². The van der Waals surface area contributed by atoms with E-state index in [0.29, 0.717) is 39.0 Å². The zero-order chi connectivity index (χ0) is 28.7. The molecule has 40 heavy (non-hydrogen) atoms. The Bertz CT molecular complexity index is 1010. The van der Waals surface area contributed by atoms with Crippen molar-refractivity contribution in [2.45, 2.75) is 76.8 Å². The van der Waals surface area contributed by atoms with Gasteiger partial charge in [-0.1, -0.05) is 87.4 Å². The van der Waals surface area contributed by atoms with Gasteiger partial charge in [-0.25, -0.2) is 0 Å². The predicted molar refractivity (Wildman–Crippen MR) is 162 cm³/mol. The highest BCUT2D eigenvalue weighted by Crippen LogP contribution is 2.27. The minimum atomic E-state index is -0.368. The van der Waals surface area contributed by atoms with E-state index in [0.717, 1.165) is 32.1 Å². The topological polar surface area (TPSA) is 123 Å². The molecular weight excluding hydrogens is 500 g/mol. The fourth-order valence-electron chi connectivity index (χ4n) is 5.49. The number of benzene rings is 2. The molecule has 6 N–H and O–H groups in total. The van der Waals surface area contributed by atoms with E-state index in [1.807, 2.05) is 41.3 Å². The Balaban J connectivity index is 1.75. The minimum Gasteiger partial charge on any atom is -0.370 e. The zero-order valence-electron chi connectivity index (χ0n) is 24.2. The maximum absolute atomic E-state index is 13.9. The Kier molecular flexibility index (Phi) is 13.0. The highest BCUT2D eigenvalue weighted by molar-refractivity contribution is 5.82. The van der Waals surface area contributed by atoms with Crippen LogP contribution in [0.1, 0.15) is 75.8 Å². The summed E-state index contributed by atoms with van der Waals surface area (Å²) >= 11 is 0. The normalized spacial score (nSPS) is 18.3. The van der Waals surface area contributed by atoms with Gasteiger partial charge in [0, 0.05) is 44.1 Å².